The fraction of sp³-hybridized carbons (Fsp3) is 0.683. The summed E-state index contributed by atoms with van der Waals surface area (Å²) in [5.74, 6) is 0. The fourth-order valence-electron chi connectivity index (χ4n) is 9.87. The van der Waals surface area contributed by atoms with Gasteiger partial charge in [0.1, 0.15) is 0 Å². The molecule has 0 aliphatic carbocycles. The molecule has 2 nitrogen and oxygen atoms in total. The molecule has 0 amide bonds. The van der Waals surface area contributed by atoms with Gasteiger partial charge in [-0.25, -0.2) is 4.70 Å². The van der Waals surface area contributed by atoms with Crippen molar-refractivity contribution in [3.05, 3.63) is 112 Å². The second-order valence-electron chi connectivity index (χ2n) is 19.9. The Morgan fingerprint density at radius 2 is 0.697 bits per heavy atom. The quantitative estimate of drug-likeness (QED) is 0.0275. The fourth-order valence-corrected chi connectivity index (χ4v) is 10.4. The molecule has 1 aliphatic heterocycles. The largest absolute Gasteiger partial charge is 0.493 e. The first-order valence-corrected chi connectivity index (χ1v) is 29.6. The Morgan fingerprint density at radius 1 is 0.394 bits per heavy atom. The molecule has 0 saturated carbocycles. The number of hydrogen-bond donors (Lipinski definition) is 0. The van der Waals surface area contributed by atoms with Gasteiger partial charge < -0.3 is 5.53 Å². The van der Waals surface area contributed by atoms with Crippen LogP contribution in [0, 0.1) is 13.8 Å². The molecule has 0 radical (unpaired) electrons. The van der Waals surface area contributed by atoms with E-state index in [1.165, 1.54) is 231 Å². The Labute approximate surface area is 417 Å². The van der Waals surface area contributed by atoms with Gasteiger partial charge in [0.2, 0.25) is 11.4 Å². The number of aryl methyl sites for hydroxylation is 4. The van der Waals surface area contributed by atoms with Gasteiger partial charge in [0.05, 0.1) is 0 Å². The number of nitrogens with zero attached hydrogens (tertiary/aromatic N) is 2. The van der Waals surface area contributed by atoms with Crippen molar-refractivity contribution >= 4 is 11.4 Å². The SMILES string of the molecule is C=C[CH2][Ni][CH2]C=C.CCCCCCCCCCCCCCCCCCCCCCCC1=C(c2cc(C)cc(C)c2)[N+](=[N-])C(c2cc(CCCCCC)cc(CCCCCC)c2)=C1CCCC. The Hall–Kier alpha value is -2.51. The molecule has 66 heavy (non-hydrogen) atoms. The van der Waals surface area contributed by atoms with Crippen LogP contribution in [0.5, 0.6) is 0 Å². The standard InChI is InChI=1S/C57H94N2.2C3H5.Ni/c1-7-11-15-18-19-20-21-22-23-24-25-26-27-28-29-30-31-32-33-34-37-41-55-54(40-14-10-4)57(59(58)56(55)52-43-48(5)42-49(6)44-52)53-46-50(38-35-16-12-8-2)45-51(47-53)39-36-17-13-9-3;2*1-3-2;/h42-47H,7-41H2,1-6H3;2*3H,1-2H2;. The van der Waals surface area contributed by atoms with Gasteiger partial charge in [-0.15, -0.1) is 0 Å². The third-order valence-electron chi connectivity index (χ3n) is 13.5. The van der Waals surface area contributed by atoms with Crippen molar-refractivity contribution in [2.24, 2.45) is 0 Å². The van der Waals surface area contributed by atoms with Gasteiger partial charge in [-0.1, -0.05) is 224 Å². The van der Waals surface area contributed by atoms with Gasteiger partial charge >= 0.3 is 50.5 Å². The van der Waals surface area contributed by atoms with Crippen LogP contribution in [-0.4, -0.2) is 4.70 Å². The summed E-state index contributed by atoms with van der Waals surface area (Å²) in [7, 11) is 0. The van der Waals surface area contributed by atoms with Gasteiger partial charge in [-0.3, -0.25) is 0 Å². The van der Waals surface area contributed by atoms with Gasteiger partial charge in [0.15, 0.2) is 0 Å². The van der Waals surface area contributed by atoms with Gasteiger partial charge in [0, 0.05) is 22.3 Å². The van der Waals surface area contributed by atoms with Crippen LogP contribution in [0.15, 0.2) is 72.9 Å². The summed E-state index contributed by atoms with van der Waals surface area (Å²) < 4.78 is 1.64. The minimum absolute atomic E-state index is 1.03. The second kappa shape index (κ2) is 40.4. The first kappa shape index (κ1) is 59.6. The molecular formula is C63H104N2Ni. The van der Waals surface area contributed by atoms with Crippen LogP contribution in [0.3, 0.4) is 0 Å². The summed E-state index contributed by atoms with van der Waals surface area (Å²) in [6, 6.07) is 14.2. The van der Waals surface area contributed by atoms with E-state index in [0.717, 1.165) is 60.7 Å². The summed E-state index contributed by atoms with van der Waals surface area (Å²) in [6.45, 7) is 20.8. The third kappa shape index (κ3) is 26.3. The molecule has 1 heterocycles. The van der Waals surface area contributed by atoms with Crippen LogP contribution >= 0.6 is 0 Å². The maximum atomic E-state index is 12.4. The molecule has 3 heteroatoms. The van der Waals surface area contributed by atoms with Gasteiger partial charge in [-0.05, 0) is 101 Å². The molecule has 2 aromatic rings. The molecule has 1 aliphatic rings. The Morgan fingerprint density at radius 3 is 1.06 bits per heavy atom. The van der Waals surface area contributed by atoms with Crippen LogP contribution in [0.4, 0.5) is 0 Å². The Kier molecular flexibility index (Phi) is 36.5. The van der Waals surface area contributed by atoms with Crippen LogP contribution in [0.1, 0.15) is 273 Å². The van der Waals surface area contributed by atoms with Crippen LogP contribution in [-0.2, 0) is 27.3 Å². The summed E-state index contributed by atoms with van der Waals surface area (Å²) >= 11 is 1.66. The number of allylic oxidation sites excluding steroid dienone is 4. The zero-order valence-electron chi connectivity index (χ0n) is 44.4. The van der Waals surface area contributed by atoms with Crippen molar-refractivity contribution in [2.45, 2.75) is 277 Å². The molecular weight excluding hydrogens is 843 g/mol. The summed E-state index contributed by atoms with van der Waals surface area (Å²) in [5, 5.41) is 2.11. The molecule has 3 rings (SSSR count). The molecule has 376 valence electrons. The topological polar surface area (TPSA) is 25.3 Å². The average molecular weight is 948 g/mol. The smallest absolute Gasteiger partial charge is 0.211 e. The predicted molar refractivity (Wildman–Crippen MR) is 292 cm³/mol. The second-order valence-corrected chi connectivity index (χ2v) is 21.2. The van der Waals surface area contributed by atoms with E-state index in [-0.39, 0.29) is 0 Å². The number of hydrogen-bond acceptors (Lipinski definition) is 0. The number of rotatable bonds is 41. The van der Waals surface area contributed by atoms with Gasteiger partial charge in [-0.2, -0.15) is 0 Å². The molecule has 0 spiro atoms. The van der Waals surface area contributed by atoms with E-state index in [0.29, 0.717) is 0 Å². The van der Waals surface area contributed by atoms with E-state index < -0.39 is 0 Å². The van der Waals surface area contributed by atoms with E-state index in [4.69, 9.17) is 0 Å². The minimum Gasteiger partial charge on any atom is -0.493 e. The van der Waals surface area contributed by atoms with Crippen LogP contribution in [0.2, 0.25) is 10.8 Å². The van der Waals surface area contributed by atoms with E-state index in [1.54, 1.807) is 19.1 Å². The van der Waals surface area contributed by atoms with Gasteiger partial charge in [0.25, 0.3) is 0 Å². The van der Waals surface area contributed by atoms with Crippen molar-refractivity contribution in [2.75, 3.05) is 0 Å². The zero-order valence-corrected chi connectivity index (χ0v) is 45.4. The Balaban J connectivity index is 0.00000197. The minimum atomic E-state index is 1.03. The first-order valence-electron chi connectivity index (χ1n) is 28.2. The molecule has 0 aromatic heterocycles. The van der Waals surface area contributed by atoms with E-state index >= 15 is 0 Å². The Bertz CT molecular complexity index is 1580. The maximum absolute atomic E-state index is 12.4. The van der Waals surface area contributed by atoms with Crippen molar-refractivity contribution < 1.29 is 19.1 Å². The molecule has 0 unspecified atom stereocenters. The van der Waals surface area contributed by atoms with Crippen molar-refractivity contribution in [1.29, 1.82) is 0 Å². The van der Waals surface area contributed by atoms with Crippen LogP contribution in [0.25, 0.3) is 16.9 Å². The molecule has 0 N–H and O–H groups in total. The molecule has 0 atom stereocenters. The van der Waals surface area contributed by atoms with Crippen molar-refractivity contribution in [3.8, 4) is 0 Å². The summed E-state index contributed by atoms with van der Waals surface area (Å²) in [4.78, 5) is 0. The summed E-state index contributed by atoms with van der Waals surface area (Å²) in [5.41, 5.74) is 25.2. The monoisotopic (exact) mass is 947 g/mol. The third-order valence-corrected chi connectivity index (χ3v) is 14.6. The average Bonchev–Trinajstić information content (AvgIpc) is 3.59. The van der Waals surface area contributed by atoms with E-state index in [9.17, 15) is 5.53 Å². The predicted octanol–water partition coefficient (Wildman–Crippen LogP) is 21.8. The van der Waals surface area contributed by atoms with Crippen molar-refractivity contribution in [1.82, 2.24) is 0 Å². The van der Waals surface area contributed by atoms with Crippen LogP contribution < -0.4 is 0 Å². The zero-order chi connectivity index (χ0) is 47.9. The first-order chi connectivity index (χ1) is 32.3. The number of benzene rings is 2. The normalized spacial score (nSPS) is 12.7. The summed E-state index contributed by atoms with van der Waals surface area (Å²) in [6.07, 6.45) is 50.3. The molecule has 2 aromatic carbocycles. The van der Waals surface area contributed by atoms with E-state index in [2.05, 4.69) is 91.1 Å². The maximum Gasteiger partial charge on any atom is 0.211 e. The molecule has 0 fully saturated rings. The molecule has 0 bridgehead atoms. The molecule has 0 saturated heterocycles. The van der Waals surface area contributed by atoms with Crippen molar-refractivity contribution in [3.63, 3.8) is 0 Å². The van der Waals surface area contributed by atoms with E-state index in [1.807, 2.05) is 12.2 Å². The number of unbranched alkanes of at least 4 members (excludes halogenated alkanes) is 27.